The molecular weight excluding hydrogens is 292 g/mol. The van der Waals surface area contributed by atoms with Gasteiger partial charge in [0.25, 0.3) is 5.91 Å². The summed E-state index contributed by atoms with van der Waals surface area (Å²) in [5, 5.41) is 0. The number of furan rings is 1. The van der Waals surface area contributed by atoms with Crippen molar-refractivity contribution in [3.05, 3.63) is 41.4 Å². The van der Waals surface area contributed by atoms with E-state index in [1.807, 2.05) is 48.8 Å². The highest BCUT2D eigenvalue weighted by Gasteiger charge is 2.23. The first-order valence-electron chi connectivity index (χ1n) is 8.09. The summed E-state index contributed by atoms with van der Waals surface area (Å²) in [4.78, 5) is 21.2. The van der Waals surface area contributed by atoms with Crippen LogP contribution in [0.15, 0.2) is 22.9 Å². The number of hydrogen-bond donors (Lipinski definition) is 0. The van der Waals surface area contributed by atoms with E-state index in [1.54, 1.807) is 0 Å². The highest BCUT2D eigenvalue weighted by Crippen LogP contribution is 2.16. The number of carbonyl (C=O) groups excluding carboxylic acids is 1. The number of aromatic nitrogens is 2. The van der Waals surface area contributed by atoms with E-state index in [1.165, 1.54) is 0 Å². The zero-order valence-electron chi connectivity index (χ0n) is 14.1. The predicted molar refractivity (Wildman–Crippen MR) is 87.2 cm³/mol. The third kappa shape index (κ3) is 3.47. The van der Waals surface area contributed by atoms with Gasteiger partial charge in [0.05, 0.1) is 6.54 Å². The Labute approximate surface area is 136 Å². The highest BCUT2D eigenvalue weighted by molar-refractivity contribution is 5.91. The standard InChI is InChI=1S/C17H24N4O2/c1-13-11-15(23-14(13)2)17(22)21-7-4-6-20(9-10-21)12-16-18-5-8-19(16)3/h5,8,11H,4,6-7,9-10,12H2,1-3H3. The van der Waals surface area contributed by atoms with Gasteiger partial charge in [-0.2, -0.15) is 0 Å². The van der Waals surface area contributed by atoms with Gasteiger partial charge in [-0.05, 0) is 31.9 Å². The first kappa shape index (κ1) is 15.8. The highest BCUT2D eigenvalue weighted by atomic mass is 16.4. The third-order valence-corrected chi connectivity index (χ3v) is 4.54. The van der Waals surface area contributed by atoms with Crippen molar-refractivity contribution in [2.45, 2.75) is 26.8 Å². The summed E-state index contributed by atoms with van der Waals surface area (Å²) in [6.07, 6.45) is 4.75. The van der Waals surface area contributed by atoms with E-state index in [0.717, 1.165) is 56.3 Å². The van der Waals surface area contributed by atoms with Crippen LogP contribution in [0, 0.1) is 13.8 Å². The number of imidazole rings is 1. The van der Waals surface area contributed by atoms with Crippen molar-refractivity contribution < 1.29 is 9.21 Å². The molecule has 0 aliphatic carbocycles. The molecule has 0 N–H and O–H groups in total. The Hall–Kier alpha value is -2.08. The second-order valence-corrected chi connectivity index (χ2v) is 6.23. The summed E-state index contributed by atoms with van der Waals surface area (Å²) < 4.78 is 7.62. The van der Waals surface area contributed by atoms with Crippen LogP contribution in [0.4, 0.5) is 0 Å². The zero-order chi connectivity index (χ0) is 16.4. The van der Waals surface area contributed by atoms with Crippen molar-refractivity contribution in [3.63, 3.8) is 0 Å². The lowest BCUT2D eigenvalue weighted by atomic mass is 10.2. The maximum atomic E-state index is 12.6. The summed E-state index contributed by atoms with van der Waals surface area (Å²) in [7, 11) is 2.01. The average Bonchev–Trinajstić information content (AvgIpc) is 2.98. The van der Waals surface area contributed by atoms with E-state index in [2.05, 4.69) is 9.88 Å². The van der Waals surface area contributed by atoms with Crippen LogP contribution in [-0.4, -0.2) is 51.4 Å². The molecule has 2 aromatic heterocycles. The summed E-state index contributed by atoms with van der Waals surface area (Å²) in [6.45, 7) is 8.02. The minimum Gasteiger partial charge on any atom is -0.456 e. The van der Waals surface area contributed by atoms with Crippen LogP contribution in [-0.2, 0) is 13.6 Å². The molecular formula is C17H24N4O2. The van der Waals surface area contributed by atoms with Gasteiger partial charge in [0.15, 0.2) is 5.76 Å². The van der Waals surface area contributed by atoms with Crippen molar-refractivity contribution in [3.8, 4) is 0 Å². The van der Waals surface area contributed by atoms with Crippen LogP contribution in [0.1, 0.15) is 34.1 Å². The molecule has 0 spiro atoms. The van der Waals surface area contributed by atoms with Gasteiger partial charge in [0.1, 0.15) is 11.6 Å². The maximum Gasteiger partial charge on any atom is 0.289 e. The molecule has 0 unspecified atom stereocenters. The Morgan fingerprint density at radius 3 is 2.74 bits per heavy atom. The SMILES string of the molecule is Cc1cc(C(=O)N2CCCN(Cc3nccn3C)CC2)oc1C. The summed E-state index contributed by atoms with van der Waals surface area (Å²) in [6, 6.07) is 1.84. The van der Waals surface area contributed by atoms with Gasteiger partial charge in [-0.25, -0.2) is 4.98 Å². The summed E-state index contributed by atoms with van der Waals surface area (Å²) in [5.41, 5.74) is 1.03. The van der Waals surface area contributed by atoms with E-state index >= 15 is 0 Å². The topological polar surface area (TPSA) is 54.5 Å². The molecule has 1 saturated heterocycles. The minimum atomic E-state index is 0.0000386. The molecule has 1 amide bonds. The Kier molecular flexibility index (Phi) is 4.52. The molecule has 0 saturated carbocycles. The van der Waals surface area contributed by atoms with Gasteiger partial charge >= 0.3 is 0 Å². The molecule has 3 rings (SSSR count). The van der Waals surface area contributed by atoms with Gasteiger partial charge in [-0.15, -0.1) is 0 Å². The van der Waals surface area contributed by atoms with Crippen LogP contribution in [0.3, 0.4) is 0 Å². The Morgan fingerprint density at radius 2 is 2.09 bits per heavy atom. The number of amides is 1. The van der Waals surface area contributed by atoms with Crippen molar-refractivity contribution in [1.82, 2.24) is 19.4 Å². The minimum absolute atomic E-state index is 0.0000386. The molecule has 6 nitrogen and oxygen atoms in total. The molecule has 0 atom stereocenters. The summed E-state index contributed by atoms with van der Waals surface area (Å²) in [5.74, 6) is 2.33. The third-order valence-electron chi connectivity index (χ3n) is 4.54. The van der Waals surface area contributed by atoms with Gasteiger partial charge in [-0.3, -0.25) is 9.69 Å². The number of carbonyl (C=O) groups is 1. The molecule has 1 fully saturated rings. The first-order chi connectivity index (χ1) is 11.0. The van der Waals surface area contributed by atoms with Crippen LogP contribution >= 0.6 is 0 Å². The normalized spacial score (nSPS) is 16.6. The fourth-order valence-corrected chi connectivity index (χ4v) is 2.92. The molecule has 0 radical (unpaired) electrons. The van der Waals surface area contributed by atoms with Gasteiger partial charge in [-0.1, -0.05) is 0 Å². The Bertz CT molecular complexity index is 669. The lowest BCUT2D eigenvalue weighted by Gasteiger charge is -2.21. The maximum absolute atomic E-state index is 12.6. The van der Waals surface area contributed by atoms with Crippen molar-refractivity contribution >= 4 is 5.91 Å². The molecule has 0 aromatic carbocycles. The van der Waals surface area contributed by atoms with E-state index < -0.39 is 0 Å². The fraction of sp³-hybridized carbons (Fsp3) is 0.529. The fourth-order valence-electron chi connectivity index (χ4n) is 2.92. The Balaban J connectivity index is 1.62. The van der Waals surface area contributed by atoms with Crippen LogP contribution < -0.4 is 0 Å². The van der Waals surface area contributed by atoms with E-state index in [0.29, 0.717) is 5.76 Å². The lowest BCUT2D eigenvalue weighted by molar-refractivity contribution is 0.0727. The Morgan fingerprint density at radius 1 is 1.26 bits per heavy atom. The molecule has 124 valence electrons. The van der Waals surface area contributed by atoms with E-state index in [-0.39, 0.29) is 5.91 Å². The number of nitrogens with zero attached hydrogens (tertiary/aromatic N) is 4. The number of aryl methyl sites for hydroxylation is 3. The van der Waals surface area contributed by atoms with E-state index in [9.17, 15) is 4.79 Å². The summed E-state index contributed by atoms with van der Waals surface area (Å²) >= 11 is 0. The molecule has 1 aliphatic heterocycles. The smallest absolute Gasteiger partial charge is 0.289 e. The van der Waals surface area contributed by atoms with Crippen molar-refractivity contribution in [1.29, 1.82) is 0 Å². The van der Waals surface area contributed by atoms with Crippen LogP contribution in [0.5, 0.6) is 0 Å². The lowest BCUT2D eigenvalue weighted by Crippen LogP contribution is -2.35. The van der Waals surface area contributed by atoms with Gasteiger partial charge in [0, 0.05) is 45.6 Å². The number of hydrogen-bond acceptors (Lipinski definition) is 4. The molecule has 23 heavy (non-hydrogen) atoms. The quantitative estimate of drug-likeness (QED) is 0.869. The van der Waals surface area contributed by atoms with Crippen molar-refractivity contribution in [2.24, 2.45) is 7.05 Å². The van der Waals surface area contributed by atoms with Crippen LogP contribution in [0.2, 0.25) is 0 Å². The van der Waals surface area contributed by atoms with E-state index in [4.69, 9.17) is 4.42 Å². The average molecular weight is 316 g/mol. The second-order valence-electron chi connectivity index (χ2n) is 6.23. The van der Waals surface area contributed by atoms with Crippen LogP contribution in [0.25, 0.3) is 0 Å². The predicted octanol–water partition coefficient (Wildman–Crippen LogP) is 1.98. The monoisotopic (exact) mass is 316 g/mol. The second kappa shape index (κ2) is 6.58. The molecule has 2 aromatic rings. The number of rotatable bonds is 3. The molecule has 3 heterocycles. The van der Waals surface area contributed by atoms with Gasteiger partial charge < -0.3 is 13.9 Å². The first-order valence-corrected chi connectivity index (χ1v) is 8.09. The largest absolute Gasteiger partial charge is 0.456 e. The van der Waals surface area contributed by atoms with Gasteiger partial charge in [0.2, 0.25) is 0 Å². The molecule has 6 heteroatoms. The van der Waals surface area contributed by atoms with Crippen molar-refractivity contribution in [2.75, 3.05) is 26.2 Å². The zero-order valence-corrected chi connectivity index (χ0v) is 14.1. The molecule has 0 bridgehead atoms. The molecule has 1 aliphatic rings.